The average Bonchev–Trinajstić information content (AvgIpc) is 3.14. The molecule has 5 nitrogen and oxygen atoms in total. The molecule has 1 aromatic heterocycles. The number of rotatable bonds is 7. The molecular formula is C18H17N3O2S2. The first-order valence-corrected chi connectivity index (χ1v) is 9.47. The molecule has 0 saturated heterocycles. The van der Waals surface area contributed by atoms with Gasteiger partial charge in [0.25, 0.3) is 5.91 Å². The first kappa shape index (κ1) is 17.4. The van der Waals surface area contributed by atoms with Gasteiger partial charge in [-0.15, -0.1) is 22.0 Å². The monoisotopic (exact) mass is 371 g/mol. The van der Waals surface area contributed by atoms with Gasteiger partial charge in [0.2, 0.25) is 5.01 Å². The van der Waals surface area contributed by atoms with Gasteiger partial charge in [-0.3, -0.25) is 4.79 Å². The smallest absolute Gasteiger partial charge is 0.282 e. The normalized spacial score (nSPS) is 10.4. The van der Waals surface area contributed by atoms with E-state index in [-0.39, 0.29) is 5.91 Å². The van der Waals surface area contributed by atoms with Crippen molar-refractivity contribution < 1.29 is 9.53 Å². The first-order valence-electron chi connectivity index (χ1n) is 7.66. The second-order valence-electron chi connectivity index (χ2n) is 5.11. The molecule has 3 rings (SSSR count). The Balaban J connectivity index is 1.55. The summed E-state index contributed by atoms with van der Waals surface area (Å²) >= 11 is 2.92. The fourth-order valence-corrected chi connectivity index (χ4v) is 3.90. The molecule has 0 aliphatic rings. The maximum absolute atomic E-state index is 12.2. The number of hydrogen-bond acceptors (Lipinski definition) is 6. The minimum Gasteiger partial charge on any atom is -0.496 e. The van der Waals surface area contributed by atoms with Gasteiger partial charge in [0, 0.05) is 11.4 Å². The number of ether oxygens (including phenoxy) is 1. The van der Waals surface area contributed by atoms with Gasteiger partial charge >= 0.3 is 0 Å². The highest BCUT2D eigenvalue weighted by Gasteiger charge is 2.13. The molecule has 0 atom stereocenters. The molecule has 1 N–H and O–H groups in total. The summed E-state index contributed by atoms with van der Waals surface area (Å²) in [6, 6.07) is 17.6. The van der Waals surface area contributed by atoms with Crippen molar-refractivity contribution in [3.8, 4) is 5.75 Å². The molecule has 1 heterocycles. The van der Waals surface area contributed by atoms with Crippen molar-refractivity contribution in [2.24, 2.45) is 0 Å². The van der Waals surface area contributed by atoms with Gasteiger partial charge in [0.05, 0.1) is 12.9 Å². The maximum Gasteiger partial charge on any atom is 0.282 e. The van der Waals surface area contributed by atoms with E-state index in [1.165, 1.54) is 11.3 Å². The Morgan fingerprint density at radius 1 is 1.12 bits per heavy atom. The molecule has 0 bridgehead atoms. The summed E-state index contributed by atoms with van der Waals surface area (Å²) in [4.78, 5) is 13.2. The number of nitrogens with one attached hydrogen (secondary N) is 1. The highest BCUT2D eigenvalue weighted by atomic mass is 32.2. The van der Waals surface area contributed by atoms with Crippen molar-refractivity contribution in [3.05, 3.63) is 70.2 Å². The summed E-state index contributed by atoms with van der Waals surface area (Å²) in [7, 11) is 1.65. The lowest BCUT2D eigenvalue weighted by molar-refractivity contribution is 0.0950. The molecule has 0 fully saturated rings. The highest BCUT2D eigenvalue weighted by Crippen LogP contribution is 2.31. The molecule has 7 heteroatoms. The highest BCUT2D eigenvalue weighted by molar-refractivity contribution is 7.98. The third-order valence-corrected chi connectivity index (χ3v) is 5.55. The molecule has 0 aliphatic carbocycles. The van der Waals surface area contributed by atoms with Crippen molar-refractivity contribution in [2.45, 2.75) is 17.2 Å². The minimum atomic E-state index is -0.199. The Morgan fingerprint density at radius 2 is 1.88 bits per heavy atom. The van der Waals surface area contributed by atoms with Gasteiger partial charge in [-0.05, 0) is 17.7 Å². The van der Waals surface area contributed by atoms with Gasteiger partial charge < -0.3 is 10.1 Å². The van der Waals surface area contributed by atoms with Crippen molar-refractivity contribution >= 4 is 29.0 Å². The average molecular weight is 371 g/mol. The molecule has 128 valence electrons. The van der Waals surface area contributed by atoms with Crippen LogP contribution in [-0.4, -0.2) is 23.2 Å². The van der Waals surface area contributed by atoms with Crippen LogP contribution >= 0.6 is 23.1 Å². The van der Waals surface area contributed by atoms with Crippen LogP contribution in [0.25, 0.3) is 0 Å². The number of para-hydroxylation sites is 1. The number of hydrogen-bond donors (Lipinski definition) is 1. The molecule has 0 radical (unpaired) electrons. The van der Waals surface area contributed by atoms with Crippen LogP contribution in [0.2, 0.25) is 0 Å². The molecule has 0 aliphatic heterocycles. The van der Waals surface area contributed by atoms with E-state index in [0.29, 0.717) is 17.3 Å². The van der Waals surface area contributed by atoms with Crippen LogP contribution in [0, 0.1) is 0 Å². The van der Waals surface area contributed by atoms with Crippen LogP contribution in [-0.2, 0) is 12.3 Å². The van der Waals surface area contributed by atoms with Crippen LogP contribution in [0.4, 0.5) is 0 Å². The zero-order chi connectivity index (χ0) is 17.5. The number of carbonyl (C=O) groups is 1. The van der Waals surface area contributed by atoms with Crippen molar-refractivity contribution in [1.82, 2.24) is 15.5 Å². The second-order valence-corrected chi connectivity index (χ2v) is 7.19. The number of methoxy groups -OCH3 is 1. The molecule has 0 saturated carbocycles. The van der Waals surface area contributed by atoms with Crippen LogP contribution in [0.15, 0.2) is 59.5 Å². The van der Waals surface area contributed by atoms with Crippen LogP contribution in [0.1, 0.15) is 20.4 Å². The Kier molecular flexibility index (Phi) is 6.03. The summed E-state index contributed by atoms with van der Waals surface area (Å²) in [5, 5.41) is 12.2. The van der Waals surface area contributed by atoms with Gasteiger partial charge in [-0.2, -0.15) is 0 Å². The van der Waals surface area contributed by atoms with Crippen molar-refractivity contribution in [2.75, 3.05) is 7.11 Å². The zero-order valence-electron chi connectivity index (χ0n) is 13.6. The predicted octanol–water partition coefficient (Wildman–Crippen LogP) is 3.77. The molecule has 25 heavy (non-hydrogen) atoms. The lowest BCUT2D eigenvalue weighted by Crippen LogP contribution is -2.22. The van der Waals surface area contributed by atoms with E-state index in [1.807, 2.05) is 54.6 Å². The molecule has 3 aromatic rings. The quantitative estimate of drug-likeness (QED) is 0.641. The third-order valence-electron chi connectivity index (χ3n) is 3.38. The Bertz CT molecular complexity index is 837. The molecular weight excluding hydrogens is 354 g/mol. The number of thioether (sulfide) groups is 1. The summed E-state index contributed by atoms with van der Waals surface area (Å²) in [5.41, 5.74) is 1.05. The fourth-order valence-electron chi connectivity index (χ4n) is 2.14. The number of amides is 1. The Morgan fingerprint density at radius 3 is 2.68 bits per heavy atom. The molecule has 0 unspecified atom stereocenters. The Hall–Kier alpha value is -2.38. The summed E-state index contributed by atoms with van der Waals surface area (Å²) < 4.78 is 5.33. The maximum atomic E-state index is 12.2. The van der Waals surface area contributed by atoms with Gasteiger partial charge in [0.15, 0.2) is 0 Å². The van der Waals surface area contributed by atoms with E-state index < -0.39 is 0 Å². The lowest BCUT2D eigenvalue weighted by atomic mass is 10.2. The Labute approximate surface area is 154 Å². The van der Waals surface area contributed by atoms with E-state index >= 15 is 0 Å². The number of carbonyl (C=O) groups excluding carboxylic acids is 1. The largest absolute Gasteiger partial charge is 0.496 e. The summed E-state index contributed by atoms with van der Waals surface area (Å²) in [6.45, 7) is 0.477. The van der Waals surface area contributed by atoms with Gasteiger partial charge in [0.1, 0.15) is 10.8 Å². The third kappa shape index (κ3) is 4.80. The van der Waals surface area contributed by atoms with E-state index in [1.54, 1.807) is 18.9 Å². The van der Waals surface area contributed by atoms with Gasteiger partial charge in [-0.1, -0.05) is 53.8 Å². The van der Waals surface area contributed by atoms with E-state index in [9.17, 15) is 4.79 Å². The van der Waals surface area contributed by atoms with Gasteiger partial charge in [-0.25, -0.2) is 0 Å². The lowest BCUT2D eigenvalue weighted by Gasteiger charge is -2.05. The zero-order valence-corrected chi connectivity index (χ0v) is 15.3. The topological polar surface area (TPSA) is 64.1 Å². The summed E-state index contributed by atoms with van der Waals surface area (Å²) in [5.74, 6) is 1.28. The number of nitrogens with zero attached hydrogens (tertiary/aromatic N) is 2. The molecule has 2 aromatic carbocycles. The predicted molar refractivity (Wildman–Crippen MR) is 100 cm³/mol. The van der Waals surface area contributed by atoms with Crippen LogP contribution < -0.4 is 10.1 Å². The van der Waals surface area contributed by atoms with E-state index in [4.69, 9.17) is 4.74 Å². The molecule has 0 spiro atoms. The second kappa shape index (κ2) is 8.64. The number of benzene rings is 2. The number of aromatic nitrogens is 2. The molecule has 1 amide bonds. The summed E-state index contributed by atoms with van der Waals surface area (Å²) in [6.07, 6.45) is 0. The van der Waals surface area contributed by atoms with Crippen LogP contribution in [0.5, 0.6) is 5.75 Å². The minimum absolute atomic E-state index is 0.199. The SMILES string of the molecule is COc1ccccc1SCc1nnc(C(=O)NCc2ccccc2)s1. The van der Waals surface area contributed by atoms with Crippen molar-refractivity contribution in [1.29, 1.82) is 0 Å². The fraction of sp³-hybridized carbons (Fsp3) is 0.167. The standard InChI is InChI=1S/C18H17N3O2S2/c1-23-14-9-5-6-10-15(14)24-12-16-20-21-18(25-16)17(22)19-11-13-7-3-2-4-8-13/h2-10H,11-12H2,1H3,(H,19,22). The van der Waals surface area contributed by atoms with E-state index in [0.717, 1.165) is 21.2 Å². The van der Waals surface area contributed by atoms with Crippen LogP contribution in [0.3, 0.4) is 0 Å². The first-order chi connectivity index (χ1) is 12.3. The van der Waals surface area contributed by atoms with E-state index in [2.05, 4.69) is 15.5 Å². The van der Waals surface area contributed by atoms with Crippen molar-refractivity contribution in [3.63, 3.8) is 0 Å².